The third-order valence-corrected chi connectivity index (χ3v) is 6.63. The van der Waals surface area contributed by atoms with Gasteiger partial charge in [-0.1, -0.05) is 121 Å². The molecule has 0 heterocycles. The maximum absolute atomic E-state index is 9.44. The summed E-state index contributed by atoms with van der Waals surface area (Å²) in [5, 5.41) is 0. The van der Waals surface area contributed by atoms with Gasteiger partial charge in [0.25, 0.3) is 0 Å². The van der Waals surface area contributed by atoms with Gasteiger partial charge in [0.1, 0.15) is 6.54 Å². The van der Waals surface area contributed by atoms with Crippen LogP contribution in [0.15, 0.2) is 30.3 Å². The number of benzene rings is 1. The van der Waals surface area contributed by atoms with Gasteiger partial charge in [-0.2, -0.15) is 0 Å². The molecule has 0 radical (unpaired) electrons. The first-order valence-electron chi connectivity index (χ1n) is 13.0. The van der Waals surface area contributed by atoms with Gasteiger partial charge in [-0.15, -0.1) is 0 Å². The number of rotatable bonds is 18. The summed E-state index contributed by atoms with van der Waals surface area (Å²) in [7, 11) is 0.829. The van der Waals surface area contributed by atoms with Crippen LogP contribution in [0, 0.1) is 0 Å². The Morgan fingerprint density at radius 1 is 0.688 bits per heavy atom. The fourth-order valence-electron chi connectivity index (χ4n) is 3.89. The lowest BCUT2D eigenvalue weighted by Gasteiger charge is -2.30. The highest BCUT2D eigenvalue weighted by Gasteiger charge is 2.14. The molecule has 0 atom stereocenters. The van der Waals surface area contributed by atoms with Gasteiger partial charge >= 0.3 is 0 Å². The van der Waals surface area contributed by atoms with Crippen LogP contribution in [0.2, 0.25) is 0 Å². The van der Waals surface area contributed by atoms with Gasteiger partial charge in [-0.25, -0.2) is 8.42 Å². The van der Waals surface area contributed by atoms with Crippen molar-refractivity contribution in [3.8, 4) is 0 Å². The maximum atomic E-state index is 9.44. The molecule has 1 aromatic rings. The number of hydrogen-bond acceptors (Lipinski definition) is 3. The summed E-state index contributed by atoms with van der Waals surface area (Å²) in [6.07, 6.45) is 20.2. The minimum atomic E-state index is -3.91. The molecule has 0 saturated heterocycles. The Hall–Kier alpha value is -0.910. The molecule has 0 aliphatic carbocycles. The van der Waals surface area contributed by atoms with E-state index >= 15 is 0 Å². The summed E-state index contributed by atoms with van der Waals surface area (Å²) in [6, 6.07) is 10.9. The summed E-state index contributed by atoms with van der Waals surface area (Å²) in [5.41, 5.74) is 1.46. The third kappa shape index (κ3) is 22.3. The predicted molar refractivity (Wildman–Crippen MR) is 138 cm³/mol. The molecule has 0 amide bonds. The molecule has 32 heavy (non-hydrogen) atoms. The molecule has 0 fully saturated rings. The van der Waals surface area contributed by atoms with Crippen molar-refractivity contribution in [2.45, 2.75) is 110 Å². The predicted octanol–water partition coefficient (Wildman–Crippen LogP) is 7.30. The maximum Gasteiger partial charge on any atom is 0.104 e. The van der Waals surface area contributed by atoms with E-state index in [1.807, 2.05) is 0 Å². The molecule has 1 rings (SSSR count). The molecule has 0 unspecified atom stereocenters. The SMILES string of the molecule is CCCCCCCCCCCCCCCC[N+](C)(C)Cc1ccccc1.CCS(=O)(=O)[O-]. The van der Waals surface area contributed by atoms with Gasteiger partial charge in [0, 0.05) is 11.3 Å². The Kier molecular flexibility index (Phi) is 19.0. The second-order valence-corrected chi connectivity index (χ2v) is 11.4. The van der Waals surface area contributed by atoms with E-state index in [-0.39, 0.29) is 5.75 Å². The highest BCUT2D eigenvalue weighted by atomic mass is 32.2. The second kappa shape index (κ2) is 19.5. The fraction of sp³-hybridized carbons (Fsp3) is 0.778. The molecule has 188 valence electrons. The largest absolute Gasteiger partial charge is 0.748 e. The molecule has 0 bridgehead atoms. The Balaban J connectivity index is 0.00000140. The average Bonchev–Trinajstić information content (AvgIpc) is 2.74. The summed E-state index contributed by atoms with van der Waals surface area (Å²) in [5.74, 6) is -0.312. The van der Waals surface area contributed by atoms with Crippen LogP contribution in [-0.4, -0.2) is 43.8 Å². The lowest BCUT2D eigenvalue weighted by Crippen LogP contribution is -2.39. The first-order chi connectivity index (χ1) is 15.2. The Bertz CT molecular complexity index is 630. The molecular formula is C27H51NO3S. The summed E-state index contributed by atoms with van der Waals surface area (Å²) in [6.45, 7) is 6.05. The van der Waals surface area contributed by atoms with Gasteiger partial charge in [0.15, 0.2) is 0 Å². The van der Waals surface area contributed by atoms with Crippen molar-refractivity contribution in [2.75, 3.05) is 26.4 Å². The number of quaternary nitrogens is 1. The zero-order valence-electron chi connectivity index (χ0n) is 21.5. The Morgan fingerprint density at radius 3 is 1.44 bits per heavy atom. The molecule has 0 saturated carbocycles. The van der Waals surface area contributed by atoms with E-state index < -0.39 is 10.1 Å². The lowest BCUT2D eigenvalue weighted by molar-refractivity contribution is -0.903. The van der Waals surface area contributed by atoms with Crippen molar-refractivity contribution in [1.29, 1.82) is 0 Å². The van der Waals surface area contributed by atoms with E-state index in [2.05, 4.69) is 51.4 Å². The van der Waals surface area contributed by atoms with Crippen LogP contribution in [0.1, 0.15) is 109 Å². The molecule has 0 N–H and O–H groups in total. The lowest BCUT2D eigenvalue weighted by atomic mass is 10.0. The van der Waals surface area contributed by atoms with Crippen LogP contribution in [0.3, 0.4) is 0 Å². The normalized spacial score (nSPS) is 11.8. The molecule has 0 aliphatic rings. The Labute approximate surface area is 200 Å². The van der Waals surface area contributed by atoms with E-state index in [0.29, 0.717) is 0 Å². The quantitative estimate of drug-likeness (QED) is 0.129. The van der Waals surface area contributed by atoms with Crippen molar-refractivity contribution in [3.63, 3.8) is 0 Å². The molecular weight excluding hydrogens is 418 g/mol. The van der Waals surface area contributed by atoms with Gasteiger partial charge in [-0.3, -0.25) is 0 Å². The van der Waals surface area contributed by atoms with Crippen LogP contribution in [0.5, 0.6) is 0 Å². The van der Waals surface area contributed by atoms with E-state index in [4.69, 9.17) is 0 Å². The standard InChI is InChI=1S/C25H46N.C2H6O3S/c1-4-5-6-7-8-9-10-11-12-13-14-15-16-20-23-26(2,3)24-25-21-18-17-19-22-25;1-2-6(3,4)5/h17-19,21-22H,4-16,20,23-24H2,1-3H3;2H2,1H3,(H,3,4,5)/q+1;/p-1. The van der Waals surface area contributed by atoms with Crippen molar-refractivity contribution >= 4 is 10.1 Å². The topological polar surface area (TPSA) is 57.2 Å². The minimum Gasteiger partial charge on any atom is -0.748 e. The van der Waals surface area contributed by atoms with Crippen LogP contribution in [0.4, 0.5) is 0 Å². The first kappa shape index (κ1) is 31.1. The highest BCUT2D eigenvalue weighted by molar-refractivity contribution is 7.85. The third-order valence-electron chi connectivity index (χ3n) is 5.92. The van der Waals surface area contributed by atoms with E-state index in [9.17, 15) is 13.0 Å². The van der Waals surface area contributed by atoms with Crippen LogP contribution < -0.4 is 0 Å². The van der Waals surface area contributed by atoms with Crippen LogP contribution >= 0.6 is 0 Å². The highest BCUT2D eigenvalue weighted by Crippen LogP contribution is 2.15. The molecule has 1 aromatic carbocycles. The number of nitrogens with zero attached hydrogens (tertiary/aromatic N) is 1. The minimum absolute atomic E-state index is 0.312. The summed E-state index contributed by atoms with van der Waals surface area (Å²) >= 11 is 0. The molecule has 4 nitrogen and oxygen atoms in total. The van der Waals surface area contributed by atoms with Crippen LogP contribution in [-0.2, 0) is 16.7 Å². The van der Waals surface area contributed by atoms with Crippen LogP contribution in [0.25, 0.3) is 0 Å². The van der Waals surface area contributed by atoms with E-state index in [0.717, 1.165) is 11.0 Å². The Morgan fingerprint density at radius 2 is 1.06 bits per heavy atom. The smallest absolute Gasteiger partial charge is 0.104 e. The molecule has 0 spiro atoms. The van der Waals surface area contributed by atoms with Gasteiger partial charge in [0.2, 0.25) is 0 Å². The monoisotopic (exact) mass is 469 g/mol. The van der Waals surface area contributed by atoms with Crippen molar-refractivity contribution in [1.82, 2.24) is 0 Å². The van der Waals surface area contributed by atoms with Crippen molar-refractivity contribution in [2.24, 2.45) is 0 Å². The van der Waals surface area contributed by atoms with E-state index in [1.54, 1.807) is 0 Å². The number of hydrogen-bond donors (Lipinski definition) is 0. The molecule has 0 aliphatic heterocycles. The van der Waals surface area contributed by atoms with Gasteiger partial charge < -0.3 is 9.04 Å². The molecule has 5 heteroatoms. The van der Waals surface area contributed by atoms with Crippen molar-refractivity contribution < 1.29 is 17.5 Å². The second-order valence-electron chi connectivity index (χ2n) is 9.75. The fourth-order valence-corrected chi connectivity index (χ4v) is 3.89. The van der Waals surface area contributed by atoms with Gasteiger partial charge in [-0.05, 0) is 12.8 Å². The van der Waals surface area contributed by atoms with E-state index in [1.165, 1.54) is 109 Å². The van der Waals surface area contributed by atoms with Crippen molar-refractivity contribution in [3.05, 3.63) is 35.9 Å². The zero-order chi connectivity index (χ0) is 24.1. The van der Waals surface area contributed by atoms with Gasteiger partial charge in [0.05, 0.1) is 30.8 Å². The average molecular weight is 470 g/mol. The molecule has 0 aromatic heterocycles. The first-order valence-corrected chi connectivity index (χ1v) is 14.6. The zero-order valence-corrected chi connectivity index (χ0v) is 22.3. The summed E-state index contributed by atoms with van der Waals surface area (Å²) in [4.78, 5) is 0. The number of unbranched alkanes of at least 4 members (excludes halogenated alkanes) is 13. The summed E-state index contributed by atoms with van der Waals surface area (Å²) < 4.78 is 29.4.